The average molecular weight is 485 g/mol. The molecule has 4 aromatic rings. The highest BCUT2D eigenvalue weighted by molar-refractivity contribution is 6.00. The Hall–Kier alpha value is -4.97. The number of ether oxygens (including phenoxy) is 3. The largest absolute Gasteiger partial charge is 0.507 e. The van der Waals surface area contributed by atoms with Gasteiger partial charge < -0.3 is 23.9 Å². The molecule has 1 aromatic heterocycles. The monoisotopic (exact) mass is 484 g/mol. The van der Waals surface area contributed by atoms with E-state index in [0.717, 1.165) is 22.0 Å². The fraction of sp³-hybridized carbons (Fsp3) is 0.148. The molecule has 9 heteroatoms. The average Bonchev–Trinajstić information content (AvgIpc) is 3.31. The molecule has 1 heterocycles. The second-order valence-corrected chi connectivity index (χ2v) is 7.80. The zero-order valence-corrected chi connectivity index (χ0v) is 20.0. The molecule has 0 aliphatic carbocycles. The fourth-order valence-corrected chi connectivity index (χ4v) is 3.91. The molecular weight excluding hydrogens is 460 g/mol. The first-order valence-corrected chi connectivity index (χ1v) is 10.9. The minimum absolute atomic E-state index is 0.0184. The van der Waals surface area contributed by atoms with Gasteiger partial charge in [-0.25, -0.2) is 5.43 Å². The number of carbonyl (C=O) groups is 1. The number of rotatable bonds is 8. The van der Waals surface area contributed by atoms with E-state index in [2.05, 4.69) is 15.1 Å². The highest BCUT2D eigenvalue weighted by atomic mass is 16.5. The standard InChI is InChI=1S/C27H24N4O5/c1-34-24-11-17(12-25(35-2)26(24)36-3)16-31-10-9-21-19(5-4-6-22(21)31)15-29-30-27(33)18-7-8-23(32)20(13-18)14-28/h4-13,15,32H,16H2,1-3H3,(H,30,33)/b29-15+. The van der Waals surface area contributed by atoms with Crippen LogP contribution in [0.4, 0.5) is 0 Å². The molecule has 0 fully saturated rings. The van der Waals surface area contributed by atoms with Gasteiger partial charge in [-0.3, -0.25) is 4.79 Å². The van der Waals surface area contributed by atoms with Gasteiger partial charge in [0.1, 0.15) is 11.8 Å². The van der Waals surface area contributed by atoms with Crippen LogP contribution in [-0.2, 0) is 6.54 Å². The lowest BCUT2D eigenvalue weighted by Crippen LogP contribution is -2.17. The van der Waals surface area contributed by atoms with Crippen molar-refractivity contribution >= 4 is 23.0 Å². The van der Waals surface area contributed by atoms with Gasteiger partial charge in [0.25, 0.3) is 5.91 Å². The number of aromatic nitrogens is 1. The van der Waals surface area contributed by atoms with Gasteiger partial charge in [-0.05, 0) is 48.0 Å². The van der Waals surface area contributed by atoms with E-state index in [0.29, 0.717) is 23.8 Å². The summed E-state index contributed by atoms with van der Waals surface area (Å²) in [4.78, 5) is 12.4. The lowest BCUT2D eigenvalue weighted by atomic mass is 10.1. The maximum Gasteiger partial charge on any atom is 0.271 e. The SMILES string of the molecule is COc1cc(Cn2ccc3c(/C=N/NC(=O)c4ccc(O)c(C#N)c4)cccc32)cc(OC)c1OC. The van der Waals surface area contributed by atoms with E-state index >= 15 is 0 Å². The van der Waals surface area contributed by atoms with Crippen molar-refractivity contribution in [1.29, 1.82) is 5.26 Å². The molecular formula is C27H24N4O5. The van der Waals surface area contributed by atoms with Crippen LogP contribution in [0.2, 0.25) is 0 Å². The third kappa shape index (κ3) is 4.79. The van der Waals surface area contributed by atoms with Crippen LogP contribution in [-0.4, -0.2) is 43.1 Å². The third-order valence-corrected chi connectivity index (χ3v) is 5.67. The molecule has 0 radical (unpaired) electrons. The van der Waals surface area contributed by atoms with Gasteiger partial charge in [0.2, 0.25) is 5.75 Å². The molecule has 0 aliphatic heterocycles. The Morgan fingerprint density at radius 1 is 1.08 bits per heavy atom. The van der Waals surface area contributed by atoms with Gasteiger partial charge in [0, 0.05) is 34.8 Å². The summed E-state index contributed by atoms with van der Waals surface area (Å²) in [6, 6.07) is 17.5. The Kier molecular flexibility index (Phi) is 7.07. The van der Waals surface area contributed by atoms with E-state index in [1.54, 1.807) is 27.5 Å². The molecule has 2 N–H and O–H groups in total. The summed E-state index contributed by atoms with van der Waals surface area (Å²) in [5, 5.41) is 23.7. The Labute approximate surface area is 207 Å². The number of fused-ring (bicyclic) bond motifs is 1. The molecule has 0 spiro atoms. The molecule has 0 bridgehead atoms. The zero-order valence-electron chi connectivity index (χ0n) is 20.0. The second-order valence-electron chi connectivity index (χ2n) is 7.80. The Balaban J connectivity index is 1.55. The lowest BCUT2D eigenvalue weighted by molar-refractivity contribution is 0.0955. The number of hydrogen-bond donors (Lipinski definition) is 2. The van der Waals surface area contributed by atoms with Gasteiger partial charge in [-0.15, -0.1) is 0 Å². The number of nitrogens with zero attached hydrogens (tertiary/aromatic N) is 3. The van der Waals surface area contributed by atoms with Crippen LogP contribution in [0.1, 0.15) is 27.0 Å². The van der Waals surface area contributed by atoms with E-state index in [-0.39, 0.29) is 16.9 Å². The molecule has 0 saturated carbocycles. The maximum atomic E-state index is 12.4. The quantitative estimate of drug-likeness (QED) is 0.288. The van der Waals surface area contributed by atoms with Crippen molar-refractivity contribution in [2.75, 3.05) is 21.3 Å². The van der Waals surface area contributed by atoms with Crippen LogP contribution in [0.25, 0.3) is 10.9 Å². The number of phenols is 1. The Morgan fingerprint density at radius 3 is 2.50 bits per heavy atom. The molecule has 4 rings (SSSR count). The lowest BCUT2D eigenvalue weighted by Gasteiger charge is -2.15. The van der Waals surface area contributed by atoms with Crippen molar-refractivity contribution in [3.8, 4) is 29.1 Å². The van der Waals surface area contributed by atoms with Crippen LogP contribution < -0.4 is 19.6 Å². The van der Waals surface area contributed by atoms with Crippen molar-refractivity contribution in [1.82, 2.24) is 9.99 Å². The van der Waals surface area contributed by atoms with Crippen LogP contribution in [0.5, 0.6) is 23.0 Å². The van der Waals surface area contributed by atoms with Gasteiger partial charge >= 0.3 is 0 Å². The number of amides is 1. The number of aromatic hydroxyl groups is 1. The molecule has 0 saturated heterocycles. The molecule has 1 amide bonds. The van der Waals surface area contributed by atoms with Crippen LogP contribution in [0.15, 0.2) is 65.9 Å². The summed E-state index contributed by atoms with van der Waals surface area (Å²) < 4.78 is 18.4. The first-order valence-electron chi connectivity index (χ1n) is 10.9. The van der Waals surface area contributed by atoms with Gasteiger partial charge in [0.05, 0.1) is 33.1 Å². The summed E-state index contributed by atoms with van der Waals surface area (Å²) in [7, 11) is 4.74. The first-order chi connectivity index (χ1) is 17.5. The molecule has 0 atom stereocenters. The topological polar surface area (TPSA) is 118 Å². The molecule has 36 heavy (non-hydrogen) atoms. The van der Waals surface area contributed by atoms with Crippen molar-refractivity contribution in [3.05, 3.63) is 83.0 Å². The minimum Gasteiger partial charge on any atom is -0.507 e. The predicted molar refractivity (Wildman–Crippen MR) is 135 cm³/mol. The van der Waals surface area contributed by atoms with Crippen molar-refractivity contribution < 1.29 is 24.1 Å². The van der Waals surface area contributed by atoms with E-state index in [1.165, 1.54) is 18.2 Å². The molecule has 182 valence electrons. The van der Waals surface area contributed by atoms with Crippen molar-refractivity contribution in [2.45, 2.75) is 6.54 Å². The van der Waals surface area contributed by atoms with Crippen molar-refractivity contribution in [2.24, 2.45) is 5.10 Å². The van der Waals surface area contributed by atoms with Crippen LogP contribution in [0.3, 0.4) is 0 Å². The second kappa shape index (κ2) is 10.5. The maximum absolute atomic E-state index is 12.4. The molecule has 0 unspecified atom stereocenters. The van der Waals surface area contributed by atoms with Gasteiger partial charge in [0.15, 0.2) is 11.5 Å². The summed E-state index contributed by atoms with van der Waals surface area (Å²) in [6.45, 7) is 0.569. The number of phenolic OH excluding ortho intramolecular Hbond substituents is 1. The van der Waals surface area contributed by atoms with Gasteiger partial charge in [-0.2, -0.15) is 10.4 Å². The highest BCUT2D eigenvalue weighted by Crippen LogP contribution is 2.38. The van der Waals surface area contributed by atoms with E-state index < -0.39 is 5.91 Å². The Morgan fingerprint density at radius 2 is 1.83 bits per heavy atom. The van der Waals surface area contributed by atoms with Crippen LogP contribution in [0, 0.1) is 11.3 Å². The number of carbonyl (C=O) groups excluding carboxylic acids is 1. The summed E-state index contributed by atoms with van der Waals surface area (Å²) in [6.07, 6.45) is 3.54. The molecule has 3 aromatic carbocycles. The smallest absolute Gasteiger partial charge is 0.271 e. The number of methoxy groups -OCH3 is 3. The zero-order chi connectivity index (χ0) is 25.7. The van der Waals surface area contributed by atoms with Gasteiger partial charge in [-0.1, -0.05) is 12.1 Å². The normalized spacial score (nSPS) is 10.8. The van der Waals surface area contributed by atoms with Crippen molar-refractivity contribution in [3.63, 3.8) is 0 Å². The minimum atomic E-state index is -0.491. The number of nitrogens with one attached hydrogen (secondary N) is 1. The number of benzene rings is 3. The first kappa shape index (κ1) is 24.2. The van der Waals surface area contributed by atoms with E-state index in [9.17, 15) is 9.90 Å². The number of hydrazone groups is 1. The van der Waals surface area contributed by atoms with E-state index in [4.69, 9.17) is 19.5 Å². The molecule has 9 nitrogen and oxygen atoms in total. The summed E-state index contributed by atoms with van der Waals surface area (Å²) in [5.41, 5.74) is 5.47. The number of nitriles is 1. The third-order valence-electron chi connectivity index (χ3n) is 5.67. The van der Waals surface area contributed by atoms with Crippen LogP contribution >= 0.6 is 0 Å². The fourth-order valence-electron chi connectivity index (χ4n) is 3.91. The summed E-state index contributed by atoms with van der Waals surface area (Å²) in [5.74, 6) is 1.04. The molecule has 0 aliphatic rings. The van der Waals surface area contributed by atoms with E-state index in [1.807, 2.05) is 48.7 Å². The highest BCUT2D eigenvalue weighted by Gasteiger charge is 2.14. The summed E-state index contributed by atoms with van der Waals surface area (Å²) >= 11 is 0. The Bertz CT molecular complexity index is 1480. The predicted octanol–water partition coefficient (Wildman–Crippen LogP) is 4.06. The number of hydrogen-bond acceptors (Lipinski definition) is 7.